The molecule has 0 bridgehead atoms. The van der Waals surface area contributed by atoms with Gasteiger partial charge in [-0.05, 0) is 74.7 Å². The predicted molar refractivity (Wildman–Crippen MR) is 135 cm³/mol. The fourth-order valence-corrected chi connectivity index (χ4v) is 5.39. The smallest absolute Gasteiger partial charge is 0.303 e. The van der Waals surface area contributed by atoms with E-state index in [9.17, 15) is 18.0 Å². The molecule has 0 aliphatic carbocycles. The summed E-state index contributed by atoms with van der Waals surface area (Å²) < 4.78 is 40.1. The number of carbonyl (C=O) groups is 1. The number of pyridine rings is 2. The third kappa shape index (κ3) is 6.44. The minimum absolute atomic E-state index is 0.0670. The molecule has 0 amide bonds. The highest BCUT2D eigenvalue weighted by Gasteiger charge is 2.38. The monoisotopic (exact) mass is 535 g/mol. The average molecular weight is 536 g/mol. The maximum atomic E-state index is 13.4. The highest BCUT2D eigenvalue weighted by molar-refractivity contribution is 6.33. The fourth-order valence-electron chi connectivity index (χ4n) is 4.93. The molecule has 0 N–H and O–H groups in total. The molecule has 1 saturated heterocycles. The average Bonchev–Trinajstić information content (AvgIpc) is 2.86. The van der Waals surface area contributed by atoms with Gasteiger partial charge in [-0.25, -0.2) is 4.98 Å². The van der Waals surface area contributed by atoms with E-state index in [1.54, 1.807) is 18.3 Å². The molecule has 1 aliphatic rings. The maximum Gasteiger partial charge on any atom is 0.416 e. The Hall–Kier alpha value is -2.48. The van der Waals surface area contributed by atoms with Crippen LogP contribution in [-0.4, -0.2) is 40.3 Å². The Morgan fingerprint density at radius 3 is 2.31 bits per heavy atom. The number of aromatic nitrogens is 2. The first-order valence-corrected chi connectivity index (χ1v) is 12.6. The van der Waals surface area contributed by atoms with Crippen molar-refractivity contribution in [3.8, 4) is 0 Å². The number of alkyl halides is 3. The molecule has 36 heavy (non-hydrogen) atoms. The summed E-state index contributed by atoms with van der Waals surface area (Å²) in [5.74, 6) is -0.0670. The van der Waals surface area contributed by atoms with Crippen LogP contribution in [0.3, 0.4) is 0 Å². The molecule has 0 atom stereocenters. The lowest BCUT2D eigenvalue weighted by Crippen LogP contribution is -2.44. The van der Waals surface area contributed by atoms with Crippen molar-refractivity contribution in [2.75, 3.05) is 19.6 Å². The van der Waals surface area contributed by atoms with E-state index < -0.39 is 11.7 Å². The third-order valence-electron chi connectivity index (χ3n) is 6.96. The normalized spacial score (nSPS) is 16.1. The van der Waals surface area contributed by atoms with E-state index in [1.165, 1.54) is 18.2 Å². The topological polar surface area (TPSA) is 46.1 Å². The highest BCUT2D eigenvalue weighted by atomic mass is 35.5. The number of halogens is 5. The van der Waals surface area contributed by atoms with Gasteiger partial charge in [-0.3, -0.25) is 9.78 Å². The number of hydrogen-bond donors (Lipinski definition) is 0. The molecule has 0 unspecified atom stereocenters. The third-order valence-corrected chi connectivity index (χ3v) is 7.34. The molecule has 2 aromatic heterocycles. The fraction of sp³-hybridized carbons (Fsp3) is 0.370. The second-order valence-electron chi connectivity index (χ2n) is 9.17. The SMILES string of the molecule is O=C(CCC1(c2ccccn2)CCN(CCc2ccccc2C(F)(F)F)CC1)c1cc(Cl)nc(Cl)c1. The summed E-state index contributed by atoms with van der Waals surface area (Å²) in [4.78, 5) is 23.6. The second-order valence-corrected chi connectivity index (χ2v) is 9.94. The lowest BCUT2D eigenvalue weighted by atomic mass is 9.71. The largest absolute Gasteiger partial charge is 0.416 e. The van der Waals surface area contributed by atoms with Crippen LogP contribution in [0, 0.1) is 0 Å². The summed E-state index contributed by atoms with van der Waals surface area (Å²) in [6.45, 7) is 1.97. The number of benzene rings is 1. The Morgan fingerprint density at radius 2 is 1.67 bits per heavy atom. The van der Waals surface area contributed by atoms with Crippen molar-refractivity contribution in [1.82, 2.24) is 14.9 Å². The van der Waals surface area contributed by atoms with Crippen LogP contribution in [0.4, 0.5) is 13.2 Å². The molecule has 1 fully saturated rings. The summed E-state index contributed by atoms with van der Waals surface area (Å²) >= 11 is 11.9. The minimum Gasteiger partial charge on any atom is -0.303 e. The first-order chi connectivity index (χ1) is 17.2. The number of nitrogens with zero attached hydrogens (tertiary/aromatic N) is 3. The van der Waals surface area contributed by atoms with Crippen LogP contribution in [0.25, 0.3) is 0 Å². The Balaban J connectivity index is 1.43. The summed E-state index contributed by atoms with van der Waals surface area (Å²) in [5.41, 5.74) is 0.812. The Morgan fingerprint density at radius 1 is 1.00 bits per heavy atom. The van der Waals surface area contributed by atoms with Crippen molar-refractivity contribution in [2.45, 2.75) is 43.7 Å². The number of piperidine rings is 1. The quantitative estimate of drug-likeness (QED) is 0.229. The van der Waals surface area contributed by atoms with Crippen molar-refractivity contribution >= 4 is 29.0 Å². The van der Waals surface area contributed by atoms with Crippen LogP contribution in [0.15, 0.2) is 60.8 Å². The lowest BCUT2D eigenvalue weighted by molar-refractivity contribution is -0.138. The molecule has 0 radical (unpaired) electrons. The van der Waals surface area contributed by atoms with Crippen molar-refractivity contribution in [1.29, 1.82) is 0 Å². The number of carbonyl (C=O) groups excluding carboxylic acids is 1. The van der Waals surface area contributed by atoms with Crippen LogP contribution in [0.5, 0.6) is 0 Å². The maximum absolute atomic E-state index is 13.4. The van der Waals surface area contributed by atoms with Gasteiger partial charge in [0.05, 0.1) is 5.56 Å². The van der Waals surface area contributed by atoms with E-state index in [4.69, 9.17) is 23.2 Å². The van der Waals surface area contributed by atoms with E-state index in [1.807, 2.05) is 18.2 Å². The van der Waals surface area contributed by atoms with Crippen molar-refractivity contribution in [3.63, 3.8) is 0 Å². The summed E-state index contributed by atoms with van der Waals surface area (Å²) in [6, 6.07) is 14.6. The van der Waals surface area contributed by atoms with Gasteiger partial charge in [-0.1, -0.05) is 47.5 Å². The first kappa shape index (κ1) is 26.6. The van der Waals surface area contributed by atoms with E-state index in [0.717, 1.165) is 24.6 Å². The van der Waals surface area contributed by atoms with Gasteiger partial charge in [-0.15, -0.1) is 0 Å². The molecular formula is C27H26Cl2F3N3O. The highest BCUT2D eigenvalue weighted by Crippen LogP contribution is 2.39. The Labute approximate surface area is 218 Å². The van der Waals surface area contributed by atoms with E-state index in [2.05, 4.69) is 14.9 Å². The summed E-state index contributed by atoms with van der Waals surface area (Å²) in [6.07, 6.45) is 0.141. The van der Waals surface area contributed by atoms with Crippen molar-refractivity contribution in [3.05, 3.63) is 93.5 Å². The molecule has 190 valence electrons. The standard InChI is InChI=1S/C27H26Cl2F3N3O/c28-24-17-20(18-25(29)34-24)22(36)8-10-26(23-7-3-4-13-33-23)11-15-35(16-12-26)14-9-19-5-1-2-6-21(19)27(30,31)32/h1-7,13,17-18H,8-12,14-16H2. The van der Waals surface area contributed by atoms with Gasteiger partial charge in [0.2, 0.25) is 0 Å². The van der Waals surface area contributed by atoms with E-state index in [-0.39, 0.29) is 21.5 Å². The van der Waals surface area contributed by atoms with Crippen LogP contribution < -0.4 is 0 Å². The summed E-state index contributed by atoms with van der Waals surface area (Å²) in [5, 5.41) is 0.344. The number of hydrogen-bond acceptors (Lipinski definition) is 4. The van der Waals surface area contributed by atoms with E-state index in [0.29, 0.717) is 50.0 Å². The van der Waals surface area contributed by atoms with Crippen molar-refractivity contribution in [2.24, 2.45) is 0 Å². The zero-order chi connectivity index (χ0) is 25.8. The molecule has 3 aromatic rings. The van der Waals surface area contributed by atoms with Gasteiger partial charge >= 0.3 is 6.18 Å². The molecule has 1 aliphatic heterocycles. The molecule has 4 nitrogen and oxygen atoms in total. The molecule has 0 saturated carbocycles. The number of Topliss-reactive ketones (excluding diaryl/α,β-unsaturated/α-hetero) is 1. The second kappa shape index (κ2) is 11.3. The zero-order valence-electron chi connectivity index (χ0n) is 19.6. The van der Waals surface area contributed by atoms with E-state index >= 15 is 0 Å². The predicted octanol–water partition coefficient (Wildman–Crippen LogP) is 7.04. The lowest BCUT2D eigenvalue weighted by Gasteiger charge is -2.41. The Bertz CT molecular complexity index is 1180. The number of ketones is 1. The van der Waals surface area contributed by atoms with Gasteiger partial charge < -0.3 is 4.90 Å². The number of rotatable bonds is 8. The molecule has 1 aromatic carbocycles. The molecular weight excluding hydrogens is 510 g/mol. The number of likely N-dealkylation sites (tertiary alicyclic amines) is 1. The molecule has 9 heteroatoms. The summed E-state index contributed by atoms with van der Waals surface area (Å²) in [7, 11) is 0. The molecule has 0 spiro atoms. The van der Waals surface area contributed by atoms with Crippen LogP contribution in [0.1, 0.15) is 52.9 Å². The van der Waals surface area contributed by atoms with Crippen LogP contribution in [0.2, 0.25) is 10.3 Å². The van der Waals surface area contributed by atoms with Gasteiger partial charge in [0.15, 0.2) is 5.78 Å². The van der Waals surface area contributed by atoms with Gasteiger partial charge in [0.25, 0.3) is 0 Å². The molecule has 3 heterocycles. The van der Waals surface area contributed by atoms with Crippen molar-refractivity contribution < 1.29 is 18.0 Å². The minimum atomic E-state index is -4.36. The first-order valence-electron chi connectivity index (χ1n) is 11.8. The van der Waals surface area contributed by atoms with Gasteiger partial charge in [-0.2, -0.15) is 13.2 Å². The van der Waals surface area contributed by atoms with Gasteiger partial charge in [0.1, 0.15) is 10.3 Å². The molecule has 4 rings (SSSR count). The Kier molecular flexibility index (Phi) is 8.33. The van der Waals surface area contributed by atoms with Crippen LogP contribution in [-0.2, 0) is 18.0 Å². The zero-order valence-corrected chi connectivity index (χ0v) is 21.1. The van der Waals surface area contributed by atoms with Crippen LogP contribution >= 0.6 is 23.2 Å². The van der Waals surface area contributed by atoms with Gasteiger partial charge in [0, 0.05) is 35.8 Å².